The van der Waals surface area contributed by atoms with Crippen LogP contribution in [0.3, 0.4) is 0 Å². The second kappa shape index (κ2) is 9.81. The van der Waals surface area contributed by atoms with Crippen LogP contribution in [0, 0.1) is 11.7 Å². The first-order valence-electron chi connectivity index (χ1n) is 9.40. The Labute approximate surface area is 159 Å². The molecule has 3 nitrogen and oxygen atoms in total. The Morgan fingerprint density at radius 2 is 1.96 bits per heavy atom. The van der Waals surface area contributed by atoms with Crippen molar-refractivity contribution >= 4 is 28.1 Å². The Kier molecular flexibility index (Phi) is 7.76. The van der Waals surface area contributed by atoms with Gasteiger partial charge in [0.25, 0.3) is 0 Å². The van der Waals surface area contributed by atoms with Gasteiger partial charge in [-0.15, -0.1) is 0 Å². The second-order valence-corrected chi connectivity index (χ2v) is 7.57. The molecule has 1 N–H and O–H groups in total. The van der Waals surface area contributed by atoms with E-state index in [9.17, 15) is 14.3 Å². The van der Waals surface area contributed by atoms with Crippen molar-refractivity contribution in [2.45, 2.75) is 65.2 Å². The molecular weight excluding hydrogens is 351 g/mol. The van der Waals surface area contributed by atoms with Gasteiger partial charge in [-0.2, -0.15) is 0 Å². The van der Waals surface area contributed by atoms with Crippen molar-refractivity contribution in [3.63, 3.8) is 0 Å². The highest BCUT2D eigenvalue weighted by Gasteiger charge is 2.19. The van der Waals surface area contributed by atoms with E-state index in [2.05, 4.69) is 6.92 Å². The molecular formula is C21H27FO3S. The first-order chi connectivity index (χ1) is 12.4. The highest BCUT2D eigenvalue weighted by molar-refractivity contribution is 7.80. The standard InChI is InChI=1S/C11H7FO3S.C10H20/c1-5(16)9-10(13)7-4-6(12)2-3-8(7)15-11(9)14;1-2-3-4-5-6-7-10-8-9-10/h2-4,13H,1H3;10H,2-9H2,1H3. The summed E-state index contributed by atoms with van der Waals surface area (Å²) in [5.74, 6) is 0.296. The van der Waals surface area contributed by atoms with Crippen LogP contribution >= 0.6 is 12.2 Å². The monoisotopic (exact) mass is 378 g/mol. The fourth-order valence-electron chi connectivity index (χ4n) is 2.91. The number of hydrogen-bond donors (Lipinski definition) is 1. The number of benzene rings is 1. The molecule has 142 valence electrons. The van der Waals surface area contributed by atoms with Gasteiger partial charge in [0.2, 0.25) is 0 Å². The SMILES string of the molecule is CC(=S)c1c(O)c2cc(F)ccc2oc1=O.CCCCCCCC1CC1. The highest BCUT2D eigenvalue weighted by Crippen LogP contribution is 2.34. The summed E-state index contributed by atoms with van der Waals surface area (Å²) in [6, 6.07) is 3.53. The maximum atomic E-state index is 13.0. The summed E-state index contributed by atoms with van der Waals surface area (Å²) >= 11 is 4.82. The number of unbranched alkanes of at least 4 members (excludes halogenated alkanes) is 4. The summed E-state index contributed by atoms with van der Waals surface area (Å²) in [4.78, 5) is 11.7. The Bertz CT molecular complexity index is 809. The molecule has 3 rings (SSSR count). The van der Waals surface area contributed by atoms with E-state index in [1.807, 2.05) is 0 Å². The van der Waals surface area contributed by atoms with Crippen LogP contribution in [0.2, 0.25) is 0 Å². The quantitative estimate of drug-likeness (QED) is 0.272. The summed E-state index contributed by atoms with van der Waals surface area (Å²) < 4.78 is 17.9. The minimum Gasteiger partial charge on any atom is -0.506 e. The van der Waals surface area contributed by atoms with Crippen molar-refractivity contribution < 1.29 is 13.9 Å². The molecule has 2 aromatic rings. The molecule has 0 bridgehead atoms. The van der Waals surface area contributed by atoms with Crippen LogP contribution in [0.1, 0.15) is 70.8 Å². The average Bonchev–Trinajstić information content (AvgIpc) is 3.40. The Morgan fingerprint density at radius 1 is 1.27 bits per heavy atom. The molecule has 5 heteroatoms. The molecule has 1 aliphatic rings. The Morgan fingerprint density at radius 3 is 2.58 bits per heavy atom. The molecule has 0 amide bonds. The zero-order chi connectivity index (χ0) is 19.1. The molecule has 0 unspecified atom stereocenters. The van der Waals surface area contributed by atoms with Crippen LogP contribution in [-0.2, 0) is 0 Å². The summed E-state index contributed by atoms with van der Waals surface area (Å²) in [5.41, 5.74) is -0.680. The average molecular weight is 379 g/mol. The van der Waals surface area contributed by atoms with E-state index in [4.69, 9.17) is 16.6 Å². The van der Waals surface area contributed by atoms with E-state index in [0.717, 1.165) is 18.1 Å². The number of rotatable bonds is 7. The third kappa shape index (κ3) is 5.90. The lowest BCUT2D eigenvalue weighted by Crippen LogP contribution is -2.11. The summed E-state index contributed by atoms with van der Waals surface area (Å²) in [6.07, 6.45) is 11.9. The predicted molar refractivity (Wildman–Crippen MR) is 108 cm³/mol. The van der Waals surface area contributed by atoms with Crippen molar-refractivity contribution in [2.75, 3.05) is 0 Å². The summed E-state index contributed by atoms with van der Waals surface area (Å²) in [7, 11) is 0. The lowest BCUT2D eigenvalue weighted by molar-refractivity contribution is 0.465. The molecule has 1 heterocycles. The van der Waals surface area contributed by atoms with Crippen LogP contribution in [0.5, 0.6) is 5.75 Å². The van der Waals surface area contributed by atoms with Crippen molar-refractivity contribution in [1.29, 1.82) is 0 Å². The fraction of sp³-hybridized carbons (Fsp3) is 0.524. The lowest BCUT2D eigenvalue weighted by Gasteiger charge is -2.04. The largest absolute Gasteiger partial charge is 0.506 e. The van der Waals surface area contributed by atoms with Gasteiger partial charge < -0.3 is 9.52 Å². The van der Waals surface area contributed by atoms with E-state index in [1.54, 1.807) is 0 Å². The second-order valence-electron chi connectivity index (χ2n) is 6.96. The lowest BCUT2D eigenvalue weighted by atomic mass is 10.1. The maximum absolute atomic E-state index is 13.0. The van der Waals surface area contributed by atoms with E-state index < -0.39 is 11.4 Å². The Hall–Kier alpha value is -1.75. The number of halogens is 1. The van der Waals surface area contributed by atoms with Crippen molar-refractivity contribution in [3.8, 4) is 5.75 Å². The fourth-order valence-corrected chi connectivity index (χ4v) is 3.09. The molecule has 1 fully saturated rings. The third-order valence-corrected chi connectivity index (χ3v) is 4.81. The van der Waals surface area contributed by atoms with Crippen molar-refractivity contribution in [3.05, 3.63) is 40.0 Å². The number of hydrogen-bond acceptors (Lipinski definition) is 4. The topological polar surface area (TPSA) is 50.4 Å². The van der Waals surface area contributed by atoms with E-state index >= 15 is 0 Å². The van der Waals surface area contributed by atoms with E-state index in [0.29, 0.717) is 0 Å². The summed E-state index contributed by atoms with van der Waals surface area (Å²) in [5, 5.41) is 9.95. The zero-order valence-corrected chi connectivity index (χ0v) is 16.3. The summed E-state index contributed by atoms with van der Waals surface area (Å²) in [6.45, 7) is 3.77. The number of fused-ring (bicyclic) bond motifs is 1. The molecule has 1 aromatic carbocycles. The molecule has 1 aliphatic carbocycles. The van der Waals surface area contributed by atoms with Gasteiger partial charge in [0, 0.05) is 4.86 Å². The van der Waals surface area contributed by atoms with Gasteiger partial charge >= 0.3 is 5.63 Å². The highest BCUT2D eigenvalue weighted by atomic mass is 32.1. The molecule has 1 saturated carbocycles. The molecule has 0 saturated heterocycles. The maximum Gasteiger partial charge on any atom is 0.348 e. The van der Waals surface area contributed by atoms with Crippen LogP contribution in [0.15, 0.2) is 27.4 Å². The van der Waals surface area contributed by atoms with Crippen LogP contribution in [0.4, 0.5) is 4.39 Å². The Balaban J connectivity index is 0.000000209. The van der Waals surface area contributed by atoms with Gasteiger partial charge in [-0.3, -0.25) is 0 Å². The van der Waals surface area contributed by atoms with E-state index in [1.165, 1.54) is 64.4 Å². The predicted octanol–water partition coefficient (Wildman–Crippen LogP) is 6.13. The van der Waals surface area contributed by atoms with Crippen LogP contribution in [-0.4, -0.2) is 9.97 Å². The minimum absolute atomic E-state index is 0.0897. The van der Waals surface area contributed by atoms with Crippen LogP contribution in [0.25, 0.3) is 11.0 Å². The molecule has 0 spiro atoms. The number of thiocarbonyl (C=S) groups is 1. The normalized spacial score (nSPS) is 13.3. The van der Waals surface area contributed by atoms with Gasteiger partial charge in [0.05, 0.1) is 5.39 Å². The molecule has 1 aromatic heterocycles. The first kappa shape index (κ1) is 20.6. The third-order valence-electron chi connectivity index (χ3n) is 4.61. The van der Waals surface area contributed by atoms with Gasteiger partial charge in [-0.1, -0.05) is 70.5 Å². The van der Waals surface area contributed by atoms with Gasteiger partial charge in [0.1, 0.15) is 22.7 Å². The van der Waals surface area contributed by atoms with Gasteiger partial charge in [-0.05, 0) is 31.0 Å². The van der Waals surface area contributed by atoms with E-state index in [-0.39, 0.29) is 27.1 Å². The van der Waals surface area contributed by atoms with Gasteiger partial charge in [-0.25, -0.2) is 9.18 Å². The number of aromatic hydroxyl groups is 1. The minimum atomic E-state index is -0.718. The molecule has 26 heavy (non-hydrogen) atoms. The molecule has 0 aliphatic heterocycles. The molecule has 0 radical (unpaired) electrons. The van der Waals surface area contributed by atoms with Crippen molar-refractivity contribution in [2.24, 2.45) is 5.92 Å². The van der Waals surface area contributed by atoms with Crippen molar-refractivity contribution in [1.82, 2.24) is 0 Å². The first-order valence-corrected chi connectivity index (χ1v) is 9.81. The van der Waals surface area contributed by atoms with Gasteiger partial charge in [0.15, 0.2) is 0 Å². The molecule has 0 atom stereocenters. The van der Waals surface area contributed by atoms with Crippen LogP contribution < -0.4 is 5.63 Å². The smallest absolute Gasteiger partial charge is 0.348 e. The zero-order valence-electron chi connectivity index (χ0n) is 15.5.